The van der Waals surface area contributed by atoms with Gasteiger partial charge >= 0.3 is 260 Å². The Hall–Kier alpha value is -2.21. The molecule has 2 fully saturated rings. The maximum atomic E-state index is 8.26. The number of nitrogens with one attached hydrogen (secondary N) is 2. The summed E-state index contributed by atoms with van der Waals surface area (Å²) in [6, 6.07) is 17.0. The fourth-order valence-corrected chi connectivity index (χ4v) is 16.5. The van der Waals surface area contributed by atoms with E-state index >= 15 is 0 Å². The van der Waals surface area contributed by atoms with Crippen LogP contribution in [0.2, 0.25) is 0 Å². The van der Waals surface area contributed by atoms with Crippen molar-refractivity contribution in [2.45, 2.75) is 61.5 Å². The van der Waals surface area contributed by atoms with Gasteiger partial charge in [-0.15, -0.1) is 0 Å². The van der Waals surface area contributed by atoms with E-state index in [4.69, 9.17) is 24.1 Å². The van der Waals surface area contributed by atoms with Gasteiger partial charge in [0.25, 0.3) is 0 Å². The molecule has 2 saturated heterocycles. The molecule has 2 N–H and O–H groups in total. The third kappa shape index (κ3) is 5.69. The zero-order valence-corrected chi connectivity index (χ0v) is 29.3. The summed E-state index contributed by atoms with van der Waals surface area (Å²) in [4.78, 5) is 4.69. The minimum absolute atomic E-state index is 0.0140. The number of rotatable bonds is 5. The Balaban J connectivity index is 1.96. The van der Waals surface area contributed by atoms with Crippen LogP contribution in [0.25, 0.3) is 0 Å². The summed E-state index contributed by atoms with van der Waals surface area (Å²) >= 11 is 0. The molecule has 0 aliphatic carbocycles. The summed E-state index contributed by atoms with van der Waals surface area (Å²) < 4.78 is 10.2. The average Bonchev–Trinajstić information content (AvgIpc) is 3.56. The molecule has 5 nitrogen and oxygen atoms in total. The summed E-state index contributed by atoms with van der Waals surface area (Å²) in [6.07, 6.45) is 0.0140. The first kappa shape index (κ1) is 31.2. The number of para-hydroxylation sites is 1. The zero-order valence-electron chi connectivity index (χ0n) is 26.0. The van der Waals surface area contributed by atoms with E-state index in [0.717, 1.165) is 46.2 Å². The van der Waals surface area contributed by atoms with E-state index in [1.165, 1.54) is 44.8 Å². The molecular weight excluding hydrogens is 652 g/mol. The van der Waals surface area contributed by atoms with Crippen molar-refractivity contribution in [3.8, 4) is 5.75 Å². The van der Waals surface area contributed by atoms with Crippen molar-refractivity contribution in [2.75, 3.05) is 36.0 Å². The van der Waals surface area contributed by atoms with Crippen molar-refractivity contribution in [3.63, 3.8) is 0 Å². The number of hydrogen-bond acceptors (Lipinski definition) is 5. The van der Waals surface area contributed by atoms with Gasteiger partial charge in [0.2, 0.25) is 0 Å². The van der Waals surface area contributed by atoms with Gasteiger partial charge in [-0.1, -0.05) is 0 Å². The Morgan fingerprint density at radius 3 is 1.60 bits per heavy atom. The van der Waals surface area contributed by atoms with Crippen LogP contribution < -0.4 is 25.2 Å². The molecule has 3 aromatic rings. The van der Waals surface area contributed by atoms with Crippen molar-refractivity contribution in [3.05, 3.63) is 87.5 Å². The van der Waals surface area contributed by atoms with E-state index in [2.05, 4.69) is 96.9 Å². The predicted molar refractivity (Wildman–Crippen MR) is 181 cm³/mol. The topological polar surface area (TPSA) is 39.8 Å². The molecule has 0 aromatic heterocycles. The Bertz CT molecular complexity index is 1670. The monoisotopic (exact) mass is 696 g/mol. The molecule has 228 valence electrons. The molecule has 3 aromatic carbocycles. The van der Waals surface area contributed by atoms with E-state index in [-0.39, 0.29) is 6.10 Å². The quantitative estimate of drug-likeness (QED) is 0.286. The molecule has 2 aliphatic rings. The van der Waals surface area contributed by atoms with Crippen molar-refractivity contribution in [1.29, 1.82) is 0 Å². The van der Waals surface area contributed by atoms with Crippen LogP contribution in [0.15, 0.2) is 48.5 Å². The number of halogens is 2. The van der Waals surface area contributed by atoms with Crippen molar-refractivity contribution < 1.29 is 15.0 Å². The summed E-state index contributed by atoms with van der Waals surface area (Å²) in [6.45, 7) is 20.1. The van der Waals surface area contributed by atoms with Gasteiger partial charge in [-0.3, -0.25) is 0 Å². The second-order valence-corrected chi connectivity index (χ2v) is 25.1. The molecule has 5 rings (SSSR count). The predicted octanol–water partition coefficient (Wildman–Crippen LogP) is 6.87. The molecule has 0 bridgehead atoms. The zero-order chi connectivity index (χ0) is 30.4. The Labute approximate surface area is 259 Å². The van der Waals surface area contributed by atoms with E-state index in [1.54, 1.807) is 0 Å². The third-order valence-electron chi connectivity index (χ3n) is 7.66. The maximum absolute atomic E-state index is 8.26. The van der Waals surface area contributed by atoms with Gasteiger partial charge in [-0.05, 0) is 0 Å². The number of anilines is 2. The van der Waals surface area contributed by atoms with Gasteiger partial charge in [0.05, 0.1) is 0 Å². The molecule has 0 atom stereocenters. The van der Waals surface area contributed by atoms with Crippen LogP contribution in [0.4, 0.5) is 11.4 Å². The number of benzene rings is 3. The first-order chi connectivity index (χ1) is 19.8. The van der Waals surface area contributed by atoms with Gasteiger partial charge in [0, 0.05) is 0 Å². The van der Waals surface area contributed by atoms with Crippen LogP contribution in [0.3, 0.4) is 0 Å². The first-order valence-corrected chi connectivity index (χ1v) is 21.8. The molecule has 0 radical (unpaired) electrons. The van der Waals surface area contributed by atoms with Gasteiger partial charge in [-0.2, -0.15) is 0 Å². The molecule has 2 heterocycles. The van der Waals surface area contributed by atoms with Crippen LogP contribution in [-0.4, -0.2) is 45.6 Å². The fraction of sp³-hybridized carbons (Fsp3) is 0.382. The standard InChI is InChI=1S/2C12H16N2.C10H12O.2ClH.Ru/c2*1-9-6-10(2)12(11(3)7-9)14-5-4-13-8-14;1-8(2)11-10-7-5-4-6-9(10)3;;;/h2*6-7,13H,4-5H2,1-3H3;3-8H,1-2H3;2*1H;/q;;;;;+2/p-2. The molecule has 0 unspecified atom stereocenters. The average molecular weight is 697 g/mol. The Morgan fingerprint density at radius 2 is 1.17 bits per heavy atom. The second-order valence-electron chi connectivity index (χ2n) is 11.8. The second kappa shape index (κ2) is 11.7. The number of ether oxygens (including phenoxy) is 1. The van der Waals surface area contributed by atoms with Crippen LogP contribution >= 0.6 is 19.4 Å². The van der Waals surface area contributed by atoms with E-state index in [9.17, 15) is 0 Å². The Morgan fingerprint density at radius 1 is 0.738 bits per heavy atom. The number of nitrogens with zero attached hydrogens (tertiary/aromatic N) is 2. The third-order valence-corrected chi connectivity index (χ3v) is 17.6. The SMILES string of the molecule is Cc1cc(C)c(N2CCN[C]2=[Ru]([Cl])([Cl])(=[CH]c2ccccc2OC(C)C)=[C]2NCCN2c2c(C)cc(C)cc2C)c(C)c1. The summed E-state index contributed by atoms with van der Waals surface area (Å²) in [5.41, 5.74) is 10.6. The molecular formula is C34H44Cl2N4ORu. The molecule has 8 heteroatoms. The van der Waals surface area contributed by atoms with Gasteiger partial charge in [0.1, 0.15) is 0 Å². The number of hydrogen-bond donors (Lipinski definition) is 2. The molecule has 0 saturated carbocycles. The molecule has 0 amide bonds. The van der Waals surface area contributed by atoms with E-state index < -0.39 is 10.3 Å². The number of aryl methyl sites for hydroxylation is 6. The fourth-order valence-electron chi connectivity index (χ4n) is 6.40. The minimum atomic E-state index is -4.89. The first-order valence-electron chi connectivity index (χ1n) is 14.6. The Kier molecular flexibility index (Phi) is 8.70. The van der Waals surface area contributed by atoms with Gasteiger partial charge in [0.15, 0.2) is 0 Å². The van der Waals surface area contributed by atoms with E-state index in [0.29, 0.717) is 0 Å². The summed E-state index contributed by atoms with van der Waals surface area (Å²) in [5, 5.41) is 7.44. The van der Waals surface area contributed by atoms with Crippen LogP contribution in [0.5, 0.6) is 5.75 Å². The van der Waals surface area contributed by atoms with Crippen LogP contribution in [0, 0.1) is 41.5 Å². The molecule has 0 spiro atoms. The van der Waals surface area contributed by atoms with Gasteiger partial charge in [-0.25, -0.2) is 0 Å². The van der Waals surface area contributed by atoms with Crippen molar-refractivity contribution >= 4 is 44.1 Å². The molecule has 2 aliphatic heterocycles. The normalized spacial score (nSPS) is 16.8. The van der Waals surface area contributed by atoms with Crippen molar-refractivity contribution in [1.82, 2.24) is 10.6 Å². The summed E-state index contributed by atoms with van der Waals surface area (Å²) in [7, 11) is 11.6. The van der Waals surface area contributed by atoms with Crippen LogP contribution in [0.1, 0.15) is 52.8 Å². The summed E-state index contributed by atoms with van der Waals surface area (Å²) in [5.74, 6) is 0.779. The van der Waals surface area contributed by atoms with Gasteiger partial charge < -0.3 is 0 Å². The van der Waals surface area contributed by atoms with Crippen molar-refractivity contribution in [2.24, 2.45) is 0 Å². The van der Waals surface area contributed by atoms with Crippen LogP contribution in [-0.2, 0) is 10.3 Å². The van der Waals surface area contributed by atoms with E-state index in [1.807, 2.05) is 32.0 Å². The molecule has 42 heavy (non-hydrogen) atoms.